The van der Waals surface area contributed by atoms with Crippen LogP contribution in [0.5, 0.6) is 5.75 Å². The van der Waals surface area contributed by atoms with Gasteiger partial charge in [-0.15, -0.1) is 0 Å². The summed E-state index contributed by atoms with van der Waals surface area (Å²) in [5.74, 6) is 0.821. The van der Waals surface area contributed by atoms with E-state index >= 15 is 0 Å². The molecule has 0 atom stereocenters. The third-order valence-corrected chi connectivity index (χ3v) is 2.40. The van der Waals surface area contributed by atoms with Crippen LogP contribution in [0.3, 0.4) is 0 Å². The Labute approximate surface area is 120 Å². The van der Waals surface area contributed by atoms with Crippen molar-refractivity contribution in [3.05, 3.63) is 24.3 Å². The predicted molar refractivity (Wildman–Crippen MR) is 80.3 cm³/mol. The maximum atomic E-state index is 11.4. The molecule has 0 aliphatic carbocycles. The van der Waals surface area contributed by atoms with Crippen LogP contribution < -0.4 is 15.4 Å². The molecule has 1 aromatic carbocycles. The van der Waals surface area contributed by atoms with E-state index in [0.717, 1.165) is 17.9 Å². The van der Waals surface area contributed by atoms with Gasteiger partial charge in [0.1, 0.15) is 11.4 Å². The minimum absolute atomic E-state index is 0.393. The summed E-state index contributed by atoms with van der Waals surface area (Å²) in [6, 6.07) is 7.73. The molecule has 5 heteroatoms. The fraction of sp³-hybridized carbons (Fsp3) is 0.533. The maximum absolute atomic E-state index is 11.4. The Hall–Kier alpha value is -1.91. The molecule has 0 aromatic heterocycles. The van der Waals surface area contributed by atoms with Gasteiger partial charge in [-0.3, -0.25) is 0 Å². The van der Waals surface area contributed by atoms with E-state index in [1.165, 1.54) is 0 Å². The van der Waals surface area contributed by atoms with Gasteiger partial charge >= 0.3 is 6.09 Å². The molecule has 0 saturated carbocycles. The second-order valence-electron chi connectivity index (χ2n) is 5.41. The number of benzene rings is 1. The third kappa shape index (κ3) is 6.87. The van der Waals surface area contributed by atoms with Crippen molar-refractivity contribution in [3.63, 3.8) is 0 Å². The number of amides is 1. The summed E-state index contributed by atoms with van der Waals surface area (Å²) in [6.07, 6.45) is 0.336. The van der Waals surface area contributed by atoms with Gasteiger partial charge < -0.3 is 20.1 Å². The number of ether oxygens (including phenoxy) is 2. The van der Waals surface area contributed by atoms with E-state index < -0.39 is 11.7 Å². The smallest absolute Gasteiger partial charge is 0.407 e. The SMILES string of the molecule is CNc1ccc(OCCCNC(=O)OC(C)(C)C)cc1. The van der Waals surface area contributed by atoms with E-state index in [9.17, 15) is 4.79 Å². The number of hydrogen-bond donors (Lipinski definition) is 2. The molecule has 0 fully saturated rings. The van der Waals surface area contributed by atoms with Crippen molar-refractivity contribution in [2.45, 2.75) is 32.8 Å². The molecule has 0 aliphatic rings. The summed E-state index contributed by atoms with van der Waals surface area (Å²) in [5, 5.41) is 5.74. The second-order valence-corrected chi connectivity index (χ2v) is 5.41. The Kier molecular flexibility index (Phi) is 6.15. The van der Waals surface area contributed by atoms with Crippen LogP contribution in [0.1, 0.15) is 27.2 Å². The van der Waals surface area contributed by atoms with Gasteiger partial charge in [0.05, 0.1) is 6.61 Å². The van der Waals surface area contributed by atoms with Gasteiger partial charge in [0.15, 0.2) is 0 Å². The van der Waals surface area contributed by atoms with Crippen LogP contribution in [0, 0.1) is 0 Å². The summed E-state index contributed by atoms with van der Waals surface area (Å²) in [7, 11) is 1.87. The second kappa shape index (κ2) is 7.62. The predicted octanol–water partition coefficient (Wildman–Crippen LogP) is 3.02. The van der Waals surface area contributed by atoms with Gasteiger partial charge in [-0.1, -0.05) is 0 Å². The maximum Gasteiger partial charge on any atom is 0.407 e. The Bertz CT molecular complexity index is 410. The van der Waals surface area contributed by atoms with Gasteiger partial charge in [0, 0.05) is 19.3 Å². The highest BCUT2D eigenvalue weighted by atomic mass is 16.6. The summed E-state index contributed by atoms with van der Waals surface area (Å²) < 4.78 is 10.7. The Morgan fingerprint density at radius 2 is 1.85 bits per heavy atom. The van der Waals surface area contributed by atoms with Gasteiger partial charge in [0.2, 0.25) is 0 Å². The average molecular weight is 280 g/mol. The molecular formula is C15H24N2O3. The molecular weight excluding hydrogens is 256 g/mol. The lowest BCUT2D eigenvalue weighted by molar-refractivity contribution is 0.0525. The average Bonchev–Trinajstić information content (AvgIpc) is 2.37. The highest BCUT2D eigenvalue weighted by Crippen LogP contribution is 2.15. The fourth-order valence-corrected chi connectivity index (χ4v) is 1.48. The van der Waals surface area contributed by atoms with Crippen molar-refractivity contribution in [1.29, 1.82) is 0 Å². The Balaban J connectivity index is 2.14. The number of carbonyl (C=O) groups is 1. The lowest BCUT2D eigenvalue weighted by Gasteiger charge is -2.19. The molecule has 112 valence electrons. The normalized spacial score (nSPS) is 10.8. The van der Waals surface area contributed by atoms with Crippen LogP contribution in [-0.2, 0) is 4.74 Å². The zero-order valence-electron chi connectivity index (χ0n) is 12.7. The minimum atomic E-state index is -0.463. The van der Waals surface area contributed by atoms with Gasteiger partial charge in [-0.05, 0) is 51.5 Å². The molecule has 0 unspecified atom stereocenters. The summed E-state index contributed by atoms with van der Waals surface area (Å²) in [6.45, 7) is 6.59. The number of hydrogen-bond acceptors (Lipinski definition) is 4. The zero-order chi connectivity index (χ0) is 15.0. The fourth-order valence-electron chi connectivity index (χ4n) is 1.48. The van der Waals surface area contributed by atoms with Crippen LogP contribution in [-0.4, -0.2) is 31.9 Å². The van der Waals surface area contributed by atoms with Crippen molar-refractivity contribution in [3.8, 4) is 5.75 Å². The van der Waals surface area contributed by atoms with Crippen LogP contribution >= 0.6 is 0 Å². The van der Waals surface area contributed by atoms with Crippen LogP contribution in [0.2, 0.25) is 0 Å². The number of alkyl carbamates (subject to hydrolysis) is 1. The standard InChI is InChI=1S/C15H24N2O3/c1-15(2,3)20-14(18)17-10-5-11-19-13-8-6-12(16-4)7-9-13/h6-9,16H,5,10-11H2,1-4H3,(H,17,18). The quantitative estimate of drug-likeness (QED) is 0.786. The molecule has 0 radical (unpaired) electrons. The molecule has 1 amide bonds. The topological polar surface area (TPSA) is 59.6 Å². The minimum Gasteiger partial charge on any atom is -0.494 e. The highest BCUT2D eigenvalue weighted by Gasteiger charge is 2.15. The molecule has 20 heavy (non-hydrogen) atoms. The van der Waals surface area contributed by atoms with E-state index in [0.29, 0.717) is 13.2 Å². The Morgan fingerprint density at radius 3 is 2.40 bits per heavy atom. The van der Waals surface area contributed by atoms with E-state index in [-0.39, 0.29) is 0 Å². The summed E-state index contributed by atoms with van der Waals surface area (Å²) in [5.41, 5.74) is 0.583. The largest absolute Gasteiger partial charge is 0.494 e. The van der Waals surface area contributed by atoms with E-state index in [1.54, 1.807) is 0 Å². The number of rotatable bonds is 6. The number of anilines is 1. The first-order valence-electron chi connectivity index (χ1n) is 6.78. The van der Waals surface area contributed by atoms with Crippen LogP contribution in [0.4, 0.5) is 10.5 Å². The van der Waals surface area contributed by atoms with Gasteiger partial charge in [0.25, 0.3) is 0 Å². The summed E-state index contributed by atoms with van der Waals surface area (Å²) in [4.78, 5) is 11.4. The monoisotopic (exact) mass is 280 g/mol. The highest BCUT2D eigenvalue weighted by molar-refractivity contribution is 5.67. The van der Waals surface area contributed by atoms with Crippen LogP contribution in [0.25, 0.3) is 0 Å². The first kappa shape index (κ1) is 16.1. The molecule has 2 N–H and O–H groups in total. The zero-order valence-corrected chi connectivity index (χ0v) is 12.7. The van der Waals surface area contributed by atoms with Crippen molar-refractivity contribution in [1.82, 2.24) is 5.32 Å². The molecule has 0 bridgehead atoms. The molecule has 5 nitrogen and oxygen atoms in total. The van der Waals surface area contributed by atoms with Crippen molar-refractivity contribution >= 4 is 11.8 Å². The van der Waals surface area contributed by atoms with E-state index in [1.807, 2.05) is 52.1 Å². The number of nitrogens with one attached hydrogen (secondary N) is 2. The first-order chi connectivity index (χ1) is 9.40. The lowest BCUT2D eigenvalue weighted by atomic mass is 10.2. The van der Waals surface area contributed by atoms with Crippen molar-refractivity contribution in [2.24, 2.45) is 0 Å². The lowest BCUT2D eigenvalue weighted by Crippen LogP contribution is -2.33. The summed E-state index contributed by atoms with van der Waals surface area (Å²) >= 11 is 0. The molecule has 0 aliphatic heterocycles. The molecule has 0 spiro atoms. The third-order valence-electron chi connectivity index (χ3n) is 2.40. The van der Waals surface area contributed by atoms with Crippen LogP contribution in [0.15, 0.2) is 24.3 Å². The number of carbonyl (C=O) groups excluding carboxylic acids is 1. The van der Waals surface area contributed by atoms with E-state index in [2.05, 4.69) is 10.6 Å². The first-order valence-corrected chi connectivity index (χ1v) is 6.78. The molecule has 1 rings (SSSR count). The van der Waals surface area contributed by atoms with Crippen molar-refractivity contribution < 1.29 is 14.3 Å². The molecule has 0 saturated heterocycles. The van der Waals surface area contributed by atoms with Crippen molar-refractivity contribution in [2.75, 3.05) is 25.5 Å². The molecule has 1 aromatic rings. The van der Waals surface area contributed by atoms with Gasteiger partial charge in [-0.2, -0.15) is 0 Å². The van der Waals surface area contributed by atoms with E-state index in [4.69, 9.17) is 9.47 Å². The molecule has 0 heterocycles. The Morgan fingerprint density at radius 1 is 1.20 bits per heavy atom. The van der Waals surface area contributed by atoms with Gasteiger partial charge in [-0.25, -0.2) is 4.79 Å².